The number of amides is 2. The van der Waals surface area contributed by atoms with Crippen LogP contribution in [0.2, 0.25) is 0 Å². The lowest BCUT2D eigenvalue weighted by atomic mass is 10.1. The smallest absolute Gasteiger partial charge is 0.387 e. The van der Waals surface area contributed by atoms with E-state index in [4.69, 9.17) is 0 Å². The first-order chi connectivity index (χ1) is 15.0. The van der Waals surface area contributed by atoms with E-state index in [1.807, 2.05) is 0 Å². The number of carbonyl (C=O) groups excluding carboxylic acids is 2. The van der Waals surface area contributed by atoms with Crippen LogP contribution in [0.25, 0.3) is 5.65 Å². The second kappa shape index (κ2) is 7.53. The highest BCUT2D eigenvalue weighted by atomic mass is 19.4. The SMILES string of the molecule is Cc1cc(C(F)(F)F)cc(N2C(=O)[C@@H](O)[C@@H](O)[C@H]2C(=O)N(C)c2ccc3nccn3n2)n1. The Morgan fingerprint density at radius 3 is 2.62 bits per heavy atom. The van der Waals surface area contributed by atoms with Crippen molar-refractivity contribution in [2.75, 3.05) is 16.8 Å². The van der Waals surface area contributed by atoms with Crippen LogP contribution < -0.4 is 9.80 Å². The number of halogens is 3. The lowest BCUT2D eigenvalue weighted by Crippen LogP contribution is -2.50. The molecule has 1 fully saturated rings. The molecule has 32 heavy (non-hydrogen) atoms. The van der Waals surface area contributed by atoms with Crippen molar-refractivity contribution in [2.24, 2.45) is 0 Å². The zero-order valence-corrected chi connectivity index (χ0v) is 16.7. The molecule has 0 aliphatic carbocycles. The molecule has 0 spiro atoms. The number of aliphatic hydroxyl groups is 2. The molecular weight excluding hydrogens is 433 g/mol. The number of rotatable bonds is 3. The van der Waals surface area contributed by atoms with Crippen molar-refractivity contribution in [2.45, 2.75) is 31.3 Å². The van der Waals surface area contributed by atoms with E-state index in [9.17, 15) is 33.0 Å². The molecule has 1 saturated heterocycles. The molecule has 13 heteroatoms. The lowest BCUT2D eigenvalue weighted by Gasteiger charge is -2.28. The summed E-state index contributed by atoms with van der Waals surface area (Å²) in [4.78, 5) is 35.4. The Morgan fingerprint density at radius 2 is 1.94 bits per heavy atom. The van der Waals surface area contributed by atoms with Crippen LogP contribution >= 0.6 is 0 Å². The van der Waals surface area contributed by atoms with Gasteiger partial charge in [0.2, 0.25) is 0 Å². The van der Waals surface area contributed by atoms with E-state index in [-0.39, 0.29) is 11.5 Å². The van der Waals surface area contributed by atoms with Gasteiger partial charge in [0, 0.05) is 25.1 Å². The third-order valence-electron chi connectivity index (χ3n) is 5.10. The number of imidazole rings is 1. The van der Waals surface area contributed by atoms with E-state index in [2.05, 4.69) is 15.1 Å². The molecule has 1 aliphatic rings. The molecule has 168 valence electrons. The Balaban J connectivity index is 1.75. The van der Waals surface area contributed by atoms with Crippen LogP contribution in [0.4, 0.5) is 24.8 Å². The number of alkyl halides is 3. The first kappa shape index (κ1) is 21.6. The molecule has 4 rings (SSSR count). The van der Waals surface area contributed by atoms with Gasteiger partial charge in [0.25, 0.3) is 11.8 Å². The summed E-state index contributed by atoms with van der Waals surface area (Å²) < 4.78 is 41.2. The van der Waals surface area contributed by atoms with E-state index in [0.717, 1.165) is 11.0 Å². The molecule has 3 aromatic heterocycles. The van der Waals surface area contributed by atoms with Gasteiger partial charge in [0.1, 0.15) is 18.0 Å². The number of hydrogen-bond acceptors (Lipinski definition) is 7. The highest BCUT2D eigenvalue weighted by molar-refractivity contribution is 6.10. The molecular formula is C19H17F3N6O4. The van der Waals surface area contributed by atoms with Crippen LogP contribution in [0.3, 0.4) is 0 Å². The van der Waals surface area contributed by atoms with Gasteiger partial charge in [-0.05, 0) is 31.2 Å². The van der Waals surface area contributed by atoms with Crippen molar-refractivity contribution < 1.29 is 33.0 Å². The van der Waals surface area contributed by atoms with Gasteiger partial charge in [-0.1, -0.05) is 0 Å². The van der Waals surface area contributed by atoms with E-state index in [1.54, 1.807) is 6.07 Å². The van der Waals surface area contributed by atoms with Crippen molar-refractivity contribution >= 4 is 29.1 Å². The molecule has 0 bridgehead atoms. The molecule has 3 aromatic rings. The Bertz CT molecular complexity index is 1210. The number of aliphatic hydroxyl groups excluding tert-OH is 2. The van der Waals surface area contributed by atoms with Crippen LogP contribution in [0.15, 0.2) is 36.7 Å². The molecule has 0 aromatic carbocycles. The van der Waals surface area contributed by atoms with E-state index >= 15 is 0 Å². The van der Waals surface area contributed by atoms with Gasteiger partial charge in [0.15, 0.2) is 17.6 Å². The lowest BCUT2D eigenvalue weighted by molar-refractivity contribution is -0.137. The first-order valence-electron chi connectivity index (χ1n) is 9.32. The minimum atomic E-state index is -4.73. The standard InChI is InChI=1S/C19H17F3N6O4/c1-9-7-10(19(20,21)22)8-13(24-9)28-14(15(29)16(30)18(28)32)17(31)26(2)12-4-3-11-23-5-6-27(11)25-12/h3-8,14-16,29-30H,1-2H3/t14-,15-,16-/m0/s1. The minimum Gasteiger partial charge on any atom is -0.387 e. The average molecular weight is 450 g/mol. The zero-order chi connectivity index (χ0) is 23.4. The summed E-state index contributed by atoms with van der Waals surface area (Å²) >= 11 is 0. The summed E-state index contributed by atoms with van der Waals surface area (Å²) in [5.74, 6) is -2.42. The first-order valence-corrected chi connectivity index (χ1v) is 9.32. The maximum Gasteiger partial charge on any atom is 0.416 e. The van der Waals surface area contributed by atoms with Crippen LogP contribution in [-0.2, 0) is 15.8 Å². The number of anilines is 2. The topological polar surface area (TPSA) is 124 Å². The summed E-state index contributed by atoms with van der Waals surface area (Å²) in [7, 11) is 1.32. The van der Waals surface area contributed by atoms with Crippen molar-refractivity contribution in [1.29, 1.82) is 0 Å². The van der Waals surface area contributed by atoms with E-state index in [1.165, 1.54) is 36.9 Å². The largest absolute Gasteiger partial charge is 0.416 e. The minimum absolute atomic E-state index is 0.0646. The van der Waals surface area contributed by atoms with Crippen LogP contribution in [0.1, 0.15) is 11.3 Å². The predicted octanol–water partition coefficient (Wildman–Crippen LogP) is 0.552. The van der Waals surface area contributed by atoms with Crippen molar-refractivity contribution in [3.63, 3.8) is 0 Å². The van der Waals surface area contributed by atoms with Crippen LogP contribution in [-0.4, -0.2) is 66.9 Å². The molecule has 3 atom stereocenters. The Hall–Kier alpha value is -3.58. The summed E-state index contributed by atoms with van der Waals surface area (Å²) in [5, 5.41) is 24.7. The average Bonchev–Trinajstić information content (AvgIpc) is 3.29. The monoisotopic (exact) mass is 450 g/mol. The molecule has 1 aliphatic heterocycles. The van der Waals surface area contributed by atoms with Gasteiger partial charge >= 0.3 is 6.18 Å². The zero-order valence-electron chi connectivity index (χ0n) is 16.7. The fraction of sp³-hybridized carbons (Fsp3) is 0.316. The van der Waals surface area contributed by atoms with Gasteiger partial charge < -0.3 is 10.2 Å². The number of pyridine rings is 1. The number of likely N-dealkylation sites (N-methyl/N-ethyl adjacent to an activating group) is 1. The fourth-order valence-corrected chi connectivity index (χ4v) is 3.50. The van der Waals surface area contributed by atoms with Crippen molar-refractivity contribution in [3.05, 3.63) is 47.9 Å². The van der Waals surface area contributed by atoms with Crippen LogP contribution in [0, 0.1) is 6.92 Å². The van der Waals surface area contributed by atoms with Crippen LogP contribution in [0.5, 0.6) is 0 Å². The second-order valence-electron chi connectivity index (χ2n) is 7.26. The van der Waals surface area contributed by atoms with Gasteiger partial charge in [-0.25, -0.2) is 14.5 Å². The summed E-state index contributed by atoms with van der Waals surface area (Å²) in [6.45, 7) is 1.29. The summed E-state index contributed by atoms with van der Waals surface area (Å²) in [6.07, 6.45) is -5.61. The Kier molecular flexibility index (Phi) is 5.09. The van der Waals surface area contributed by atoms with Gasteiger partial charge in [-0.3, -0.25) is 19.4 Å². The molecule has 0 radical (unpaired) electrons. The molecule has 0 saturated carbocycles. The second-order valence-corrected chi connectivity index (χ2v) is 7.26. The Morgan fingerprint density at radius 1 is 1.22 bits per heavy atom. The highest BCUT2D eigenvalue weighted by Crippen LogP contribution is 2.34. The summed E-state index contributed by atoms with van der Waals surface area (Å²) in [6, 6.07) is 2.69. The number of nitrogens with zero attached hydrogens (tertiary/aromatic N) is 6. The normalized spacial score (nSPS) is 21.4. The van der Waals surface area contributed by atoms with E-state index < -0.39 is 47.6 Å². The molecule has 10 nitrogen and oxygen atoms in total. The van der Waals surface area contributed by atoms with Gasteiger partial charge in [-0.15, -0.1) is 5.10 Å². The number of carbonyl (C=O) groups is 2. The maximum atomic E-state index is 13.3. The third kappa shape index (κ3) is 3.54. The fourth-order valence-electron chi connectivity index (χ4n) is 3.50. The highest BCUT2D eigenvalue weighted by Gasteiger charge is 2.52. The third-order valence-corrected chi connectivity index (χ3v) is 5.10. The number of fused-ring (bicyclic) bond motifs is 1. The maximum absolute atomic E-state index is 13.3. The number of aromatic nitrogens is 4. The molecule has 0 unspecified atom stereocenters. The van der Waals surface area contributed by atoms with Crippen molar-refractivity contribution in [1.82, 2.24) is 19.6 Å². The number of hydrogen-bond donors (Lipinski definition) is 2. The predicted molar refractivity (Wildman–Crippen MR) is 104 cm³/mol. The van der Waals surface area contributed by atoms with Gasteiger partial charge in [0.05, 0.1) is 5.56 Å². The number of aryl methyl sites for hydroxylation is 1. The molecule has 2 N–H and O–H groups in total. The van der Waals surface area contributed by atoms with Gasteiger partial charge in [-0.2, -0.15) is 13.2 Å². The molecule has 2 amide bonds. The Labute approximate surface area is 178 Å². The summed E-state index contributed by atoms with van der Waals surface area (Å²) in [5.41, 5.74) is -0.646. The van der Waals surface area contributed by atoms with Crippen molar-refractivity contribution in [3.8, 4) is 0 Å². The van der Waals surface area contributed by atoms with E-state index in [0.29, 0.717) is 16.6 Å². The molecule has 4 heterocycles. The quantitative estimate of drug-likeness (QED) is 0.597.